The van der Waals surface area contributed by atoms with Crippen LogP contribution in [0.15, 0.2) is 77.7 Å². The van der Waals surface area contributed by atoms with Gasteiger partial charge in [-0.05, 0) is 69.7 Å². The molecule has 7 nitrogen and oxygen atoms in total. The molecule has 0 saturated carbocycles. The SMILES string of the molecule is CC[C@@H](C)NC(=O)[C@@H](C)N(Cc1ccccc1F)C(=O)CN(c1ccc(F)cc1)S(=O)(=O)c1ccc(C)cc1. The first-order valence-corrected chi connectivity index (χ1v) is 14.1. The lowest BCUT2D eigenvalue weighted by Gasteiger charge is -2.32. The molecule has 0 radical (unpaired) electrons. The van der Waals surface area contributed by atoms with Gasteiger partial charge in [0.2, 0.25) is 11.8 Å². The molecule has 1 N–H and O–H groups in total. The number of hydrogen-bond donors (Lipinski definition) is 1. The Labute approximate surface area is 228 Å². The highest BCUT2D eigenvalue weighted by Crippen LogP contribution is 2.25. The van der Waals surface area contributed by atoms with E-state index in [0.717, 1.165) is 26.9 Å². The first kappa shape index (κ1) is 29.8. The lowest BCUT2D eigenvalue weighted by atomic mass is 10.1. The number of rotatable bonds is 11. The smallest absolute Gasteiger partial charge is 0.264 e. The molecule has 0 saturated heterocycles. The lowest BCUT2D eigenvalue weighted by Crippen LogP contribution is -2.52. The Morgan fingerprint density at radius 2 is 1.54 bits per heavy atom. The van der Waals surface area contributed by atoms with Crippen molar-refractivity contribution in [2.45, 2.75) is 57.6 Å². The molecule has 0 aliphatic carbocycles. The minimum absolute atomic E-state index is 0.0616. The summed E-state index contributed by atoms with van der Waals surface area (Å²) in [6.07, 6.45) is 0.660. The van der Waals surface area contributed by atoms with Gasteiger partial charge in [0.1, 0.15) is 24.2 Å². The van der Waals surface area contributed by atoms with Crippen molar-refractivity contribution in [2.24, 2.45) is 0 Å². The quantitative estimate of drug-likeness (QED) is 0.367. The zero-order chi connectivity index (χ0) is 28.7. The molecular weight excluding hydrogens is 524 g/mol. The summed E-state index contributed by atoms with van der Waals surface area (Å²) in [5.74, 6) is -2.32. The van der Waals surface area contributed by atoms with E-state index in [-0.39, 0.29) is 28.7 Å². The number of carbonyl (C=O) groups excluding carboxylic acids is 2. The van der Waals surface area contributed by atoms with E-state index in [0.29, 0.717) is 6.42 Å². The number of amides is 2. The molecule has 2 amide bonds. The lowest BCUT2D eigenvalue weighted by molar-refractivity contribution is -0.139. The number of nitrogens with one attached hydrogen (secondary N) is 1. The third-order valence-corrected chi connectivity index (χ3v) is 8.26. The van der Waals surface area contributed by atoms with E-state index >= 15 is 0 Å². The van der Waals surface area contributed by atoms with Gasteiger partial charge < -0.3 is 10.2 Å². The Kier molecular flexibility index (Phi) is 9.80. The second-order valence-corrected chi connectivity index (χ2v) is 11.3. The first-order chi connectivity index (χ1) is 18.4. The number of anilines is 1. The highest BCUT2D eigenvalue weighted by Gasteiger charge is 2.33. The van der Waals surface area contributed by atoms with E-state index in [4.69, 9.17) is 0 Å². The average Bonchev–Trinajstić information content (AvgIpc) is 2.91. The van der Waals surface area contributed by atoms with Crippen LogP contribution in [0.2, 0.25) is 0 Å². The molecule has 0 spiro atoms. The molecule has 3 aromatic rings. The van der Waals surface area contributed by atoms with Gasteiger partial charge in [0.25, 0.3) is 10.0 Å². The summed E-state index contributed by atoms with van der Waals surface area (Å²) in [7, 11) is -4.27. The summed E-state index contributed by atoms with van der Waals surface area (Å²) < 4.78 is 56.5. The highest BCUT2D eigenvalue weighted by molar-refractivity contribution is 7.92. The van der Waals surface area contributed by atoms with Crippen molar-refractivity contribution in [3.8, 4) is 0 Å². The maximum Gasteiger partial charge on any atom is 0.264 e. The predicted molar refractivity (Wildman–Crippen MR) is 146 cm³/mol. The number of benzene rings is 3. The Hall–Kier alpha value is -3.79. The van der Waals surface area contributed by atoms with Crippen molar-refractivity contribution in [1.82, 2.24) is 10.2 Å². The van der Waals surface area contributed by atoms with Crippen LogP contribution in [0.25, 0.3) is 0 Å². The van der Waals surface area contributed by atoms with Gasteiger partial charge in [0.05, 0.1) is 10.6 Å². The van der Waals surface area contributed by atoms with Gasteiger partial charge >= 0.3 is 0 Å². The number of halogens is 2. The van der Waals surface area contributed by atoms with Crippen molar-refractivity contribution in [3.05, 3.63) is 95.6 Å². The molecule has 0 unspecified atom stereocenters. The molecule has 0 aliphatic heterocycles. The number of carbonyl (C=O) groups is 2. The predicted octanol–water partition coefficient (Wildman–Crippen LogP) is 4.80. The largest absolute Gasteiger partial charge is 0.352 e. The Morgan fingerprint density at radius 1 is 0.923 bits per heavy atom. The molecule has 10 heteroatoms. The zero-order valence-corrected chi connectivity index (χ0v) is 23.2. The Balaban J connectivity index is 2.03. The van der Waals surface area contributed by atoms with E-state index in [1.807, 2.05) is 20.8 Å². The van der Waals surface area contributed by atoms with E-state index in [2.05, 4.69) is 5.32 Å². The molecular formula is C29H33F2N3O4S. The monoisotopic (exact) mass is 557 g/mol. The van der Waals surface area contributed by atoms with Crippen LogP contribution >= 0.6 is 0 Å². The van der Waals surface area contributed by atoms with Crippen molar-refractivity contribution >= 4 is 27.5 Å². The number of sulfonamides is 1. The maximum absolute atomic E-state index is 14.6. The molecule has 0 aromatic heterocycles. The minimum atomic E-state index is -4.27. The van der Waals surface area contributed by atoms with Gasteiger partial charge in [-0.1, -0.05) is 42.8 Å². The van der Waals surface area contributed by atoms with Gasteiger partial charge in [-0.15, -0.1) is 0 Å². The minimum Gasteiger partial charge on any atom is -0.352 e. The third-order valence-electron chi connectivity index (χ3n) is 6.47. The topological polar surface area (TPSA) is 86.8 Å². The number of nitrogens with zero attached hydrogens (tertiary/aromatic N) is 2. The summed E-state index contributed by atoms with van der Waals surface area (Å²) in [5, 5.41) is 2.82. The van der Waals surface area contributed by atoms with Crippen LogP contribution in [0.4, 0.5) is 14.5 Å². The summed E-state index contributed by atoms with van der Waals surface area (Å²) in [6, 6.07) is 15.5. The fourth-order valence-corrected chi connectivity index (χ4v) is 5.25. The van der Waals surface area contributed by atoms with E-state index in [1.54, 1.807) is 18.2 Å². The summed E-state index contributed by atoms with van der Waals surface area (Å²) in [6.45, 7) is 6.07. The Morgan fingerprint density at radius 3 is 2.13 bits per heavy atom. The maximum atomic E-state index is 14.6. The molecule has 0 aliphatic rings. The third kappa shape index (κ3) is 7.41. The highest BCUT2D eigenvalue weighted by atomic mass is 32.2. The van der Waals surface area contributed by atoms with Crippen LogP contribution < -0.4 is 9.62 Å². The van der Waals surface area contributed by atoms with Crippen LogP contribution in [-0.4, -0.2) is 43.8 Å². The number of aryl methyl sites for hydroxylation is 1. The molecule has 3 rings (SSSR count). The van der Waals surface area contributed by atoms with Gasteiger partial charge in [-0.3, -0.25) is 13.9 Å². The van der Waals surface area contributed by atoms with Gasteiger partial charge in [-0.25, -0.2) is 17.2 Å². The van der Waals surface area contributed by atoms with E-state index in [9.17, 15) is 26.8 Å². The second-order valence-electron chi connectivity index (χ2n) is 9.41. The second kappa shape index (κ2) is 12.8. The fourth-order valence-electron chi connectivity index (χ4n) is 3.83. The van der Waals surface area contributed by atoms with Crippen molar-refractivity contribution in [1.29, 1.82) is 0 Å². The van der Waals surface area contributed by atoms with Crippen molar-refractivity contribution in [3.63, 3.8) is 0 Å². The summed E-state index contributed by atoms with van der Waals surface area (Å²) in [5.41, 5.74) is 1.08. The fraction of sp³-hybridized carbons (Fsp3) is 0.310. The summed E-state index contributed by atoms with van der Waals surface area (Å²) in [4.78, 5) is 27.9. The molecule has 0 bridgehead atoms. The molecule has 2 atom stereocenters. The van der Waals surface area contributed by atoms with Gasteiger partial charge in [0.15, 0.2) is 0 Å². The number of hydrogen-bond acceptors (Lipinski definition) is 4. The molecule has 3 aromatic carbocycles. The van der Waals surface area contributed by atoms with Crippen LogP contribution in [0.3, 0.4) is 0 Å². The average molecular weight is 558 g/mol. The van der Waals surface area contributed by atoms with Crippen LogP contribution in [-0.2, 0) is 26.2 Å². The Bertz CT molecular complexity index is 1400. The molecule has 39 heavy (non-hydrogen) atoms. The van der Waals surface area contributed by atoms with Crippen LogP contribution in [0.1, 0.15) is 38.3 Å². The summed E-state index contributed by atoms with van der Waals surface area (Å²) >= 11 is 0. The van der Waals surface area contributed by atoms with Crippen LogP contribution in [0, 0.1) is 18.6 Å². The van der Waals surface area contributed by atoms with E-state index < -0.39 is 46.1 Å². The first-order valence-electron chi connectivity index (χ1n) is 12.6. The van der Waals surface area contributed by atoms with Crippen LogP contribution in [0.5, 0.6) is 0 Å². The molecule has 208 valence electrons. The zero-order valence-electron chi connectivity index (χ0n) is 22.4. The van der Waals surface area contributed by atoms with Crippen molar-refractivity contribution in [2.75, 3.05) is 10.8 Å². The molecule has 0 heterocycles. The standard InChI is InChI=1S/C29H33F2N3O4S/c1-5-21(3)32-29(36)22(4)33(18-23-8-6-7-9-27(23)31)28(35)19-34(25-14-12-24(30)13-15-25)39(37,38)26-16-10-20(2)11-17-26/h6-17,21-22H,5,18-19H2,1-4H3,(H,32,36)/t21-,22-/m1/s1. The van der Waals surface area contributed by atoms with Gasteiger partial charge in [-0.2, -0.15) is 0 Å². The normalized spacial score (nSPS) is 12.9. The van der Waals surface area contributed by atoms with E-state index in [1.165, 1.54) is 49.4 Å². The van der Waals surface area contributed by atoms with Gasteiger partial charge in [0, 0.05) is 18.2 Å². The molecule has 0 fully saturated rings. The van der Waals surface area contributed by atoms with Crippen molar-refractivity contribution < 1.29 is 26.8 Å².